The van der Waals surface area contributed by atoms with Gasteiger partial charge in [0, 0.05) is 18.7 Å². The average Bonchev–Trinajstić information content (AvgIpc) is 2.27. The molecule has 90 valence electrons. The molecule has 0 bridgehead atoms. The van der Waals surface area contributed by atoms with Crippen LogP contribution < -0.4 is 5.32 Å². The van der Waals surface area contributed by atoms with Crippen molar-refractivity contribution in [3.63, 3.8) is 0 Å². The summed E-state index contributed by atoms with van der Waals surface area (Å²) in [4.78, 5) is 0. The van der Waals surface area contributed by atoms with Crippen molar-refractivity contribution in [2.75, 3.05) is 13.2 Å². The Balaban J connectivity index is 2.45. The van der Waals surface area contributed by atoms with Gasteiger partial charge in [-0.25, -0.2) is 0 Å². The van der Waals surface area contributed by atoms with Crippen LogP contribution in [0.15, 0.2) is 24.3 Å². The molecule has 1 aromatic rings. The van der Waals surface area contributed by atoms with Crippen LogP contribution in [0, 0.1) is 6.92 Å². The van der Waals surface area contributed by atoms with Crippen molar-refractivity contribution in [2.24, 2.45) is 0 Å². The molecule has 0 aliphatic carbocycles. The Morgan fingerprint density at radius 3 is 2.38 bits per heavy atom. The molecule has 1 aromatic carbocycles. The Bertz CT molecular complexity index is 294. The maximum Gasteiger partial charge on any atom is 0.0616 e. The zero-order valence-corrected chi connectivity index (χ0v) is 10.8. The Labute approximate surface area is 99.0 Å². The van der Waals surface area contributed by atoms with Crippen molar-refractivity contribution in [3.05, 3.63) is 35.4 Å². The molecule has 0 fully saturated rings. The normalized spacial score (nSPS) is 14.8. The zero-order valence-electron chi connectivity index (χ0n) is 10.8. The van der Waals surface area contributed by atoms with Gasteiger partial charge < -0.3 is 10.1 Å². The predicted molar refractivity (Wildman–Crippen MR) is 68.7 cm³/mol. The van der Waals surface area contributed by atoms with E-state index >= 15 is 0 Å². The molecule has 2 heteroatoms. The second-order valence-corrected chi connectivity index (χ2v) is 4.36. The van der Waals surface area contributed by atoms with Gasteiger partial charge in [0.15, 0.2) is 0 Å². The summed E-state index contributed by atoms with van der Waals surface area (Å²) in [6, 6.07) is 9.43. The molecular formula is C14H23NO. The van der Waals surface area contributed by atoms with Gasteiger partial charge >= 0.3 is 0 Å². The molecule has 2 atom stereocenters. The standard InChI is InChI=1S/C14H23NO/c1-5-16-10-12(3)15-13(4)14-8-6-11(2)7-9-14/h6-9,12-13,15H,5,10H2,1-4H3/t12?,13-/m0/s1. The van der Waals surface area contributed by atoms with E-state index < -0.39 is 0 Å². The Morgan fingerprint density at radius 1 is 1.19 bits per heavy atom. The van der Waals surface area contributed by atoms with Gasteiger partial charge in [-0.2, -0.15) is 0 Å². The van der Waals surface area contributed by atoms with Crippen molar-refractivity contribution in [1.82, 2.24) is 5.32 Å². The maximum absolute atomic E-state index is 5.39. The van der Waals surface area contributed by atoms with E-state index in [0.29, 0.717) is 12.1 Å². The lowest BCUT2D eigenvalue weighted by Crippen LogP contribution is -2.32. The molecule has 0 spiro atoms. The first-order chi connectivity index (χ1) is 7.63. The van der Waals surface area contributed by atoms with Gasteiger partial charge in [-0.1, -0.05) is 29.8 Å². The summed E-state index contributed by atoms with van der Waals surface area (Å²) in [5, 5.41) is 3.53. The first kappa shape index (κ1) is 13.2. The van der Waals surface area contributed by atoms with E-state index in [4.69, 9.17) is 4.74 Å². The fraction of sp³-hybridized carbons (Fsp3) is 0.571. The van der Waals surface area contributed by atoms with Gasteiger partial charge in [-0.3, -0.25) is 0 Å². The second-order valence-electron chi connectivity index (χ2n) is 4.36. The van der Waals surface area contributed by atoms with E-state index in [-0.39, 0.29) is 0 Å². The van der Waals surface area contributed by atoms with Crippen molar-refractivity contribution in [2.45, 2.75) is 39.8 Å². The summed E-state index contributed by atoms with van der Waals surface area (Å²) in [7, 11) is 0. The van der Waals surface area contributed by atoms with Gasteiger partial charge in [0.2, 0.25) is 0 Å². The Morgan fingerprint density at radius 2 is 1.81 bits per heavy atom. The minimum atomic E-state index is 0.371. The third kappa shape index (κ3) is 4.33. The molecule has 2 nitrogen and oxygen atoms in total. The van der Waals surface area contributed by atoms with E-state index in [0.717, 1.165) is 13.2 Å². The first-order valence-electron chi connectivity index (χ1n) is 6.03. The molecule has 0 aliphatic heterocycles. The van der Waals surface area contributed by atoms with Crippen LogP contribution >= 0.6 is 0 Å². The Hall–Kier alpha value is -0.860. The third-order valence-corrected chi connectivity index (χ3v) is 2.68. The van der Waals surface area contributed by atoms with Crippen LogP contribution in [-0.4, -0.2) is 19.3 Å². The van der Waals surface area contributed by atoms with Crippen molar-refractivity contribution >= 4 is 0 Å². The smallest absolute Gasteiger partial charge is 0.0616 e. The highest BCUT2D eigenvalue weighted by Crippen LogP contribution is 2.13. The lowest BCUT2D eigenvalue weighted by Gasteiger charge is -2.20. The highest BCUT2D eigenvalue weighted by Gasteiger charge is 2.08. The van der Waals surface area contributed by atoms with Crippen LogP contribution in [0.1, 0.15) is 37.9 Å². The number of hydrogen-bond acceptors (Lipinski definition) is 2. The highest BCUT2D eigenvalue weighted by atomic mass is 16.5. The minimum Gasteiger partial charge on any atom is -0.380 e. The van der Waals surface area contributed by atoms with Crippen LogP contribution in [0.25, 0.3) is 0 Å². The molecule has 1 N–H and O–H groups in total. The van der Waals surface area contributed by atoms with Crippen LogP contribution in [0.4, 0.5) is 0 Å². The van der Waals surface area contributed by atoms with Gasteiger partial charge in [-0.15, -0.1) is 0 Å². The van der Waals surface area contributed by atoms with Crippen LogP contribution in [0.3, 0.4) is 0 Å². The van der Waals surface area contributed by atoms with Gasteiger partial charge in [0.05, 0.1) is 6.61 Å². The molecule has 16 heavy (non-hydrogen) atoms. The molecular weight excluding hydrogens is 198 g/mol. The second kappa shape index (κ2) is 6.66. The number of rotatable bonds is 6. The third-order valence-electron chi connectivity index (χ3n) is 2.68. The molecule has 1 unspecified atom stereocenters. The molecule has 0 radical (unpaired) electrons. The summed E-state index contributed by atoms with van der Waals surface area (Å²) in [5.41, 5.74) is 2.63. The number of nitrogens with one attached hydrogen (secondary N) is 1. The largest absolute Gasteiger partial charge is 0.380 e. The maximum atomic E-state index is 5.39. The van der Waals surface area contributed by atoms with Crippen molar-refractivity contribution < 1.29 is 4.74 Å². The fourth-order valence-electron chi connectivity index (χ4n) is 1.72. The van der Waals surface area contributed by atoms with Crippen LogP contribution in [-0.2, 0) is 4.74 Å². The van der Waals surface area contributed by atoms with E-state index in [9.17, 15) is 0 Å². The minimum absolute atomic E-state index is 0.371. The highest BCUT2D eigenvalue weighted by molar-refractivity contribution is 5.23. The van der Waals surface area contributed by atoms with Crippen LogP contribution in [0.2, 0.25) is 0 Å². The summed E-state index contributed by atoms with van der Waals surface area (Å²) < 4.78 is 5.39. The van der Waals surface area contributed by atoms with Crippen molar-refractivity contribution in [3.8, 4) is 0 Å². The van der Waals surface area contributed by atoms with Crippen LogP contribution in [0.5, 0.6) is 0 Å². The van der Waals surface area contributed by atoms with Gasteiger partial charge in [0.25, 0.3) is 0 Å². The monoisotopic (exact) mass is 221 g/mol. The first-order valence-corrected chi connectivity index (χ1v) is 6.03. The molecule has 1 rings (SSSR count). The average molecular weight is 221 g/mol. The topological polar surface area (TPSA) is 21.3 Å². The van der Waals surface area contributed by atoms with Gasteiger partial charge in [-0.05, 0) is 33.3 Å². The molecule has 0 saturated heterocycles. The van der Waals surface area contributed by atoms with E-state index in [1.807, 2.05) is 6.92 Å². The fourth-order valence-corrected chi connectivity index (χ4v) is 1.72. The zero-order chi connectivity index (χ0) is 12.0. The summed E-state index contributed by atoms with van der Waals surface area (Å²) in [6.07, 6.45) is 0. The lowest BCUT2D eigenvalue weighted by atomic mass is 10.1. The van der Waals surface area contributed by atoms with E-state index in [1.54, 1.807) is 0 Å². The summed E-state index contributed by atoms with van der Waals surface area (Å²) in [6.45, 7) is 10.0. The molecule has 0 aliphatic rings. The molecule has 0 heterocycles. The molecule has 0 saturated carbocycles. The molecule has 0 amide bonds. The number of aryl methyl sites for hydroxylation is 1. The number of hydrogen-bond donors (Lipinski definition) is 1. The quantitative estimate of drug-likeness (QED) is 0.797. The SMILES string of the molecule is CCOCC(C)N[C@@H](C)c1ccc(C)cc1. The van der Waals surface area contributed by atoms with Gasteiger partial charge in [0.1, 0.15) is 0 Å². The van der Waals surface area contributed by atoms with Crippen molar-refractivity contribution in [1.29, 1.82) is 0 Å². The molecule has 0 aromatic heterocycles. The number of benzene rings is 1. The summed E-state index contributed by atoms with van der Waals surface area (Å²) >= 11 is 0. The summed E-state index contributed by atoms with van der Waals surface area (Å²) in [5.74, 6) is 0. The van der Waals surface area contributed by atoms with E-state index in [2.05, 4.69) is 50.4 Å². The predicted octanol–water partition coefficient (Wildman–Crippen LogP) is 3.07. The van der Waals surface area contributed by atoms with E-state index in [1.165, 1.54) is 11.1 Å². The number of ether oxygens (including phenoxy) is 1. The lowest BCUT2D eigenvalue weighted by molar-refractivity contribution is 0.124. The Kier molecular flexibility index (Phi) is 5.50.